The molecule has 0 heterocycles. The summed E-state index contributed by atoms with van der Waals surface area (Å²) < 4.78 is 0. The van der Waals surface area contributed by atoms with Crippen LogP contribution in [0.25, 0.3) is 0 Å². The van der Waals surface area contributed by atoms with Gasteiger partial charge in [-0.2, -0.15) is 0 Å². The van der Waals surface area contributed by atoms with Gasteiger partial charge in [-0.3, -0.25) is 9.59 Å². The van der Waals surface area contributed by atoms with Gasteiger partial charge in [0.25, 0.3) is 0 Å². The molecule has 0 saturated heterocycles. The molecule has 3 fully saturated rings. The number of carboxylic acids is 1. The Balaban J connectivity index is 1.43. The normalized spacial score (nSPS) is 35.3. The van der Waals surface area contributed by atoms with Crippen LogP contribution < -0.4 is 5.32 Å². The molecule has 4 nitrogen and oxygen atoms in total. The molecule has 0 aromatic heterocycles. The zero-order chi connectivity index (χ0) is 14.6. The Labute approximate surface area is 123 Å². The van der Waals surface area contributed by atoms with Crippen LogP contribution in [0.15, 0.2) is 24.3 Å². The fourth-order valence-corrected chi connectivity index (χ4v) is 4.83. The minimum atomic E-state index is -0.855. The summed E-state index contributed by atoms with van der Waals surface area (Å²) in [6.07, 6.45) is 3.95. The van der Waals surface area contributed by atoms with E-state index in [0.29, 0.717) is 11.8 Å². The number of rotatable bonds is 4. The van der Waals surface area contributed by atoms with E-state index in [4.69, 9.17) is 5.11 Å². The Morgan fingerprint density at radius 2 is 1.90 bits per heavy atom. The van der Waals surface area contributed by atoms with Crippen LogP contribution in [-0.2, 0) is 16.0 Å². The number of fused-ring (bicyclic) bond motifs is 5. The molecule has 4 unspecified atom stereocenters. The lowest BCUT2D eigenvalue weighted by Gasteiger charge is -2.10. The molecule has 2 bridgehead atoms. The molecule has 4 heteroatoms. The van der Waals surface area contributed by atoms with Crippen molar-refractivity contribution in [2.45, 2.75) is 25.7 Å². The maximum atomic E-state index is 12.4. The van der Waals surface area contributed by atoms with Crippen molar-refractivity contribution in [2.24, 2.45) is 29.6 Å². The number of carbonyl (C=O) groups is 2. The second kappa shape index (κ2) is 4.58. The van der Waals surface area contributed by atoms with E-state index in [9.17, 15) is 9.59 Å². The molecule has 2 N–H and O–H groups in total. The van der Waals surface area contributed by atoms with Gasteiger partial charge in [-0.15, -0.1) is 0 Å². The number of nitrogens with one attached hydrogen (secondary N) is 1. The van der Waals surface area contributed by atoms with Gasteiger partial charge in [0.2, 0.25) is 5.91 Å². The third-order valence-electron chi connectivity index (χ3n) is 5.59. The summed E-state index contributed by atoms with van der Waals surface area (Å²) in [7, 11) is 0. The molecule has 3 aliphatic rings. The van der Waals surface area contributed by atoms with E-state index in [1.807, 2.05) is 6.07 Å². The predicted molar refractivity (Wildman–Crippen MR) is 77.7 cm³/mol. The summed E-state index contributed by atoms with van der Waals surface area (Å²) in [5.74, 6) is 2.32. The van der Waals surface area contributed by atoms with Crippen molar-refractivity contribution in [1.29, 1.82) is 0 Å². The molecule has 1 amide bonds. The van der Waals surface area contributed by atoms with Crippen molar-refractivity contribution in [3.8, 4) is 0 Å². The van der Waals surface area contributed by atoms with E-state index in [1.165, 1.54) is 19.3 Å². The van der Waals surface area contributed by atoms with Crippen LogP contribution in [0.5, 0.6) is 0 Å². The molecule has 4 rings (SSSR count). The Kier molecular flexibility index (Phi) is 2.81. The molecule has 3 aliphatic carbocycles. The number of carboxylic acid groups (broad SMARTS) is 1. The topological polar surface area (TPSA) is 66.4 Å². The summed E-state index contributed by atoms with van der Waals surface area (Å²) in [4.78, 5) is 23.2. The number of amides is 1. The number of carbonyl (C=O) groups excluding carboxylic acids is 1. The average molecular weight is 285 g/mol. The molecular weight excluding hydrogens is 266 g/mol. The van der Waals surface area contributed by atoms with E-state index in [2.05, 4.69) is 5.32 Å². The van der Waals surface area contributed by atoms with Crippen molar-refractivity contribution in [3.05, 3.63) is 29.8 Å². The van der Waals surface area contributed by atoms with Gasteiger partial charge in [0.05, 0.1) is 6.42 Å². The first-order valence-electron chi connectivity index (χ1n) is 7.75. The highest BCUT2D eigenvalue weighted by Crippen LogP contribution is 2.69. The molecule has 3 saturated carbocycles. The van der Waals surface area contributed by atoms with Gasteiger partial charge in [-0.05, 0) is 60.6 Å². The zero-order valence-electron chi connectivity index (χ0n) is 11.8. The second-order valence-corrected chi connectivity index (χ2v) is 6.77. The Bertz CT molecular complexity index is 596. The number of hydrogen-bond acceptors (Lipinski definition) is 2. The first kappa shape index (κ1) is 12.9. The maximum Gasteiger partial charge on any atom is 0.307 e. The summed E-state index contributed by atoms with van der Waals surface area (Å²) in [5, 5.41) is 11.8. The van der Waals surface area contributed by atoms with Crippen molar-refractivity contribution in [1.82, 2.24) is 0 Å². The highest BCUT2D eigenvalue weighted by atomic mass is 16.4. The lowest BCUT2D eigenvalue weighted by atomic mass is 10.0. The van der Waals surface area contributed by atoms with Crippen LogP contribution in [0.1, 0.15) is 24.8 Å². The van der Waals surface area contributed by atoms with Crippen molar-refractivity contribution < 1.29 is 14.7 Å². The van der Waals surface area contributed by atoms with E-state index < -0.39 is 5.97 Å². The SMILES string of the molecule is O=C(O)Cc1cccc(NC(=O)C2C3C4CCC(C4)C23)c1. The summed E-state index contributed by atoms with van der Waals surface area (Å²) >= 11 is 0. The largest absolute Gasteiger partial charge is 0.481 e. The van der Waals surface area contributed by atoms with Gasteiger partial charge in [0, 0.05) is 11.6 Å². The average Bonchev–Trinajstić information content (AvgIpc) is 2.88. The van der Waals surface area contributed by atoms with E-state index >= 15 is 0 Å². The summed E-state index contributed by atoms with van der Waals surface area (Å²) in [5.41, 5.74) is 1.44. The maximum absolute atomic E-state index is 12.4. The minimum Gasteiger partial charge on any atom is -0.481 e. The highest BCUT2D eigenvalue weighted by Gasteiger charge is 2.67. The minimum absolute atomic E-state index is 0.0114. The predicted octanol–water partition coefficient (Wildman–Crippen LogP) is 2.54. The van der Waals surface area contributed by atoms with Gasteiger partial charge in [-0.25, -0.2) is 0 Å². The standard InChI is InChI=1S/C17H19NO3/c19-13(20)7-9-2-1-3-12(6-9)18-17(21)16-14-10-4-5-11(8-10)15(14)16/h1-3,6,10-11,14-16H,4-5,7-8H2,(H,18,21)(H,19,20). The molecule has 0 radical (unpaired) electrons. The molecule has 21 heavy (non-hydrogen) atoms. The smallest absolute Gasteiger partial charge is 0.307 e. The highest BCUT2D eigenvalue weighted by molar-refractivity contribution is 5.95. The lowest BCUT2D eigenvalue weighted by molar-refractivity contribution is -0.136. The molecule has 1 aromatic carbocycles. The Hall–Kier alpha value is -1.84. The molecule has 110 valence electrons. The number of aliphatic carboxylic acids is 1. The number of benzene rings is 1. The molecule has 1 aromatic rings. The third kappa shape index (κ3) is 2.13. The first-order chi connectivity index (χ1) is 10.1. The van der Waals surface area contributed by atoms with Crippen LogP contribution in [-0.4, -0.2) is 17.0 Å². The fraction of sp³-hybridized carbons (Fsp3) is 0.529. The number of anilines is 1. The summed E-state index contributed by atoms with van der Waals surface area (Å²) in [6.45, 7) is 0. The van der Waals surface area contributed by atoms with E-state index in [1.54, 1.807) is 18.2 Å². The van der Waals surface area contributed by atoms with Gasteiger partial charge in [-0.1, -0.05) is 12.1 Å². The monoisotopic (exact) mass is 285 g/mol. The van der Waals surface area contributed by atoms with Crippen molar-refractivity contribution in [2.75, 3.05) is 5.32 Å². The lowest BCUT2D eigenvalue weighted by Crippen LogP contribution is -2.18. The molecule has 0 spiro atoms. The van der Waals surface area contributed by atoms with Gasteiger partial charge >= 0.3 is 5.97 Å². The summed E-state index contributed by atoms with van der Waals surface area (Å²) in [6, 6.07) is 7.16. The van der Waals surface area contributed by atoms with Crippen molar-refractivity contribution in [3.63, 3.8) is 0 Å². The fourth-order valence-electron chi connectivity index (χ4n) is 4.83. The zero-order valence-corrected chi connectivity index (χ0v) is 11.8. The Morgan fingerprint density at radius 1 is 1.19 bits per heavy atom. The quantitative estimate of drug-likeness (QED) is 0.893. The first-order valence-corrected chi connectivity index (χ1v) is 7.75. The van der Waals surface area contributed by atoms with Crippen LogP contribution in [0.4, 0.5) is 5.69 Å². The van der Waals surface area contributed by atoms with Gasteiger partial charge in [0.1, 0.15) is 0 Å². The van der Waals surface area contributed by atoms with Crippen LogP contribution in [0, 0.1) is 29.6 Å². The molecular formula is C17H19NO3. The third-order valence-corrected chi connectivity index (χ3v) is 5.59. The van der Waals surface area contributed by atoms with Crippen LogP contribution in [0.3, 0.4) is 0 Å². The van der Waals surface area contributed by atoms with Crippen LogP contribution >= 0.6 is 0 Å². The molecule has 4 atom stereocenters. The molecule has 0 aliphatic heterocycles. The second-order valence-electron chi connectivity index (χ2n) is 6.77. The van der Waals surface area contributed by atoms with Gasteiger partial charge in [0.15, 0.2) is 0 Å². The van der Waals surface area contributed by atoms with E-state index in [-0.39, 0.29) is 18.2 Å². The number of hydrogen-bond donors (Lipinski definition) is 2. The van der Waals surface area contributed by atoms with Gasteiger partial charge < -0.3 is 10.4 Å². The van der Waals surface area contributed by atoms with E-state index in [0.717, 1.165) is 23.1 Å². The Morgan fingerprint density at radius 3 is 2.57 bits per heavy atom. The van der Waals surface area contributed by atoms with Crippen LogP contribution in [0.2, 0.25) is 0 Å². The van der Waals surface area contributed by atoms with Crippen molar-refractivity contribution >= 4 is 17.6 Å².